The fourth-order valence-electron chi connectivity index (χ4n) is 3.48. The van der Waals surface area contributed by atoms with Crippen LogP contribution in [0.5, 0.6) is 0 Å². The Morgan fingerprint density at radius 3 is 2.37 bits per heavy atom. The van der Waals surface area contributed by atoms with Gasteiger partial charge in [-0.15, -0.1) is 0 Å². The minimum absolute atomic E-state index is 0.252. The Labute approximate surface area is 164 Å². The summed E-state index contributed by atoms with van der Waals surface area (Å²) in [6, 6.07) is 14.8. The molecule has 0 spiro atoms. The summed E-state index contributed by atoms with van der Waals surface area (Å²) >= 11 is 6.24. The van der Waals surface area contributed by atoms with Crippen LogP contribution in [-0.2, 0) is 9.59 Å². The van der Waals surface area contributed by atoms with Gasteiger partial charge in [-0.1, -0.05) is 55.8 Å². The highest BCUT2D eigenvalue weighted by molar-refractivity contribution is 6.32. The average Bonchev–Trinajstić information content (AvgIpc) is 2.72. The van der Waals surface area contributed by atoms with E-state index in [0.717, 1.165) is 5.56 Å². The van der Waals surface area contributed by atoms with E-state index in [0.29, 0.717) is 34.8 Å². The van der Waals surface area contributed by atoms with Crippen LogP contribution in [0, 0.1) is 5.41 Å². The molecule has 1 aliphatic rings. The molecule has 2 aromatic rings. The number of benzene rings is 2. The predicted molar refractivity (Wildman–Crippen MR) is 108 cm³/mol. The van der Waals surface area contributed by atoms with E-state index in [4.69, 9.17) is 11.6 Å². The minimum Gasteiger partial charge on any atom is -0.314 e. The summed E-state index contributed by atoms with van der Waals surface area (Å²) in [7, 11) is 1.69. The summed E-state index contributed by atoms with van der Waals surface area (Å²) in [6.45, 7) is 3.69. The number of carbonyl (C=O) groups is 2. The molecule has 0 saturated carbocycles. The van der Waals surface area contributed by atoms with Crippen molar-refractivity contribution in [2.75, 3.05) is 11.9 Å². The maximum Gasteiger partial charge on any atom is 0.255 e. The van der Waals surface area contributed by atoms with Gasteiger partial charge in [0.25, 0.3) is 5.91 Å². The molecule has 0 bridgehead atoms. The lowest BCUT2D eigenvalue weighted by atomic mass is 9.80. The zero-order chi connectivity index (χ0) is 19.6. The van der Waals surface area contributed by atoms with E-state index in [9.17, 15) is 9.59 Å². The molecule has 2 amide bonds. The van der Waals surface area contributed by atoms with Gasteiger partial charge in [-0.3, -0.25) is 9.59 Å². The second-order valence-corrected chi connectivity index (χ2v) is 7.02. The van der Waals surface area contributed by atoms with E-state index in [-0.39, 0.29) is 5.91 Å². The Hall–Kier alpha value is -2.66. The number of nitrogens with one attached hydrogen (secondary N) is 1. The molecule has 1 heterocycles. The second kappa shape index (κ2) is 7.53. The van der Waals surface area contributed by atoms with Crippen LogP contribution in [-0.4, -0.2) is 24.6 Å². The zero-order valence-electron chi connectivity index (χ0n) is 15.6. The third-order valence-electron chi connectivity index (χ3n) is 5.25. The Morgan fingerprint density at radius 2 is 1.74 bits per heavy atom. The van der Waals surface area contributed by atoms with Crippen LogP contribution < -0.4 is 10.3 Å². The number of amides is 2. The van der Waals surface area contributed by atoms with Crippen LogP contribution >= 0.6 is 11.6 Å². The lowest BCUT2D eigenvalue weighted by molar-refractivity contribution is -0.142. The summed E-state index contributed by atoms with van der Waals surface area (Å²) in [4.78, 5) is 27.8. The summed E-state index contributed by atoms with van der Waals surface area (Å²) in [6.07, 6.45) is 0.773. The third-order valence-corrected chi connectivity index (χ3v) is 5.48. The first kappa shape index (κ1) is 19.1. The van der Waals surface area contributed by atoms with E-state index in [1.165, 1.54) is 0 Å². The molecule has 0 atom stereocenters. The standard InChI is InChI=1S/C21H22ClN3O2/c1-4-21(5-2)19(26)24-23-18(14-9-7-6-8-10-14)16-13-15(22)11-12-17(16)25(3)20(21)27/h6-13H,4-5H2,1-3H3,(H,24,26)/b23-18+. The molecule has 1 N–H and O–H groups in total. The summed E-state index contributed by atoms with van der Waals surface area (Å²) in [5.74, 6) is -0.644. The second-order valence-electron chi connectivity index (χ2n) is 6.58. The highest BCUT2D eigenvalue weighted by Gasteiger charge is 2.45. The molecule has 0 radical (unpaired) electrons. The SMILES string of the molecule is CCC1(CC)C(=O)N/N=C(\c2ccccc2)c2cc(Cl)ccc2N(C)C1=O. The molecule has 0 unspecified atom stereocenters. The van der Waals surface area contributed by atoms with Gasteiger partial charge in [0.1, 0.15) is 5.41 Å². The van der Waals surface area contributed by atoms with Crippen molar-refractivity contribution in [2.45, 2.75) is 26.7 Å². The highest BCUT2D eigenvalue weighted by Crippen LogP contribution is 2.35. The molecular weight excluding hydrogens is 362 g/mol. The van der Waals surface area contributed by atoms with Crippen molar-refractivity contribution >= 4 is 34.8 Å². The first-order valence-corrected chi connectivity index (χ1v) is 9.34. The van der Waals surface area contributed by atoms with Crippen molar-refractivity contribution in [3.8, 4) is 0 Å². The smallest absolute Gasteiger partial charge is 0.255 e. The number of hydrazone groups is 1. The normalized spacial score (nSPS) is 18.5. The number of hydrogen-bond acceptors (Lipinski definition) is 3. The lowest BCUT2D eigenvalue weighted by Crippen LogP contribution is -2.50. The van der Waals surface area contributed by atoms with Gasteiger partial charge in [-0.2, -0.15) is 5.10 Å². The lowest BCUT2D eigenvalue weighted by Gasteiger charge is -2.32. The van der Waals surface area contributed by atoms with Gasteiger partial charge in [-0.05, 0) is 31.0 Å². The van der Waals surface area contributed by atoms with Crippen molar-refractivity contribution in [3.05, 3.63) is 64.7 Å². The largest absolute Gasteiger partial charge is 0.314 e. The topological polar surface area (TPSA) is 61.8 Å². The average molecular weight is 384 g/mol. The van der Waals surface area contributed by atoms with Gasteiger partial charge in [0.15, 0.2) is 0 Å². The summed E-state index contributed by atoms with van der Waals surface area (Å²) in [5.41, 5.74) is 4.20. The van der Waals surface area contributed by atoms with Crippen LogP contribution in [0.1, 0.15) is 37.8 Å². The number of anilines is 1. The van der Waals surface area contributed by atoms with Crippen molar-refractivity contribution in [1.82, 2.24) is 5.43 Å². The molecule has 6 heteroatoms. The van der Waals surface area contributed by atoms with Gasteiger partial charge in [-0.25, -0.2) is 5.43 Å². The Kier molecular flexibility index (Phi) is 5.33. The van der Waals surface area contributed by atoms with Crippen LogP contribution in [0.25, 0.3) is 0 Å². The predicted octanol–water partition coefficient (Wildman–Crippen LogP) is 3.99. The van der Waals surface area contributed by atoms with Crippen LogP contribution in [0.15, 0.2) is 53.6 Å². The third kappa shape index (κ3) is 3.23. The Bertz CT molecular complexity index is 905. The molecule has 0 aromatic heterocycles. The number of carbonyl (C=O) groups excluding carboxylic acids is 2. The van der Waals surface area contributed by atoms with Crippen LogP contribution in [0.2, 0.25) is 5.02 Å². The number of nitrogens with zero attached hydrogens (tertiary/aromatic N) is 2. The summed E-state index contributed by atoms with van der Waals surface area (Å²) in [5, 5.41) is 4.95. The number of fused-ring (bicyclic) bond motifs is 1. The number of halogens is 1. The van der Waals surface area contributed by atoms with Gasteiger partial charge in [0, 0.05) is 23.2 Å². The molecule has 1 aliphatic heterocycles. The number of rotatable bonds is 3. The summed E-state index contributed by atoms with van der Waals surface area (Å²) < 4.78 is 0. The molecule has 0 aliphatic carbocycles. The zero-order valence-corrected chi connectivity index (χ0v) is 16.4. The van der Waals surface area contributed by atoms with Gasteiger partial charge in [0.2, 0.25) is 5.91 Å². The quantitative estimate of drug-likeness (QED) is 0.814. The van der Waals surface area contributed by atoms with Crippen molar-refractivity contribution in [1.29, 1.82) is 0 Å². The number of hydrogen-bond donors (Lipinski definition) is 1. The highest BCUT2D eigenvalue weighted by atomic mass is 35.5. The van der Waals surface area contributed by atoms with Crippen LogP contribution in [0.4, 0.5) is 5.69 Å². The van der Waals surface area contributed by atoms with E-state index in [1.54, 1.807) is 30.1 Å². The van der Waals surface area contributed by atoms with Crippen molar-refractivity contribution < 1.29 is 9.59 Å². The molecule has 5 nitrogen and oxygen atoms in total. The van der Waals surface area contributed by atoms with Gasteiger partial charge >= 0.3 is 0 Å². The molecule has 0 saturated heterocycles. The van der Waals surface area contributed by atoms with Crippen LogP contribution in [0.3, 0.4) is 0 Å². The van der Waals surface area contributed by atoms with E-state index in [2.05, 4.69) is 10.5 Å². The van der Waals surface area contributed by atoms with Gasteiger partial charge in [0.05, 0.1) is 11.4 Å². The molecule has 3 rings (SSSR count). The molecular formula is C21H22ClN3O2. The maximum absolute atomic E-state index is 13.3. The fourth-order valence-corrected chi connectivity index (χ4v) is 3.65. The van der Waals surface area contributed by atoms with E-state index >= 15 is 0 Å². The maximum atomic E-state index is 13.3. The first-order valence-electron chi connectivity index (χ1n) is 8.96. The Morgan fingerprint density at radius 1 is 1.07 bits per heavy atom. The van der Waals surface area contributed by atoms with Crippen molar-refractivity contribution in [2.24, 2.45) is 10.5 Å². The molecule has 0 fully saturated rings. The van der Waals surface area contributed by atoms with E-state index < -0.39 is 11.3 Å². The molecule has 27 heavy (non-hydrogen) atoms. The van der Waals surface area contributed by atoms with Gasteiger partial charge < -0.3 is 4.90 Å². The fraction of sp³-hybridized carbons (Fsp3) is 0.286. The first-order chi connectivity index (χ1) is 12.9. The van der Waals surface area contributed by atoms with E-state index in [1.807, 2.05) is 44.2 Å². The van der Waals surface area contributed by atoms with Crippen molar-refractivity contribution in [3.63, 3.8) is 0 Å². The Balaban J connectivity index is 2.29. The molecule has 140 valence electrons. The monoisotopic (exact) mass is 383 g/mol. The molecule has 2 aromatic carbocycles. The minimum atomic E-state index is -1.17.